The Morgan fingerprint density at radius 3 is 2.71 bits per heavy atom. The van der Waals surface area contributed by atoms with E-state index in [1.807, 2.05) is 60.3 Å². The average molecular weight is 337 g/mol. The van der Waals surface area contributed by atoms with Crippen molar-refractivity contribution in [3.05, 3.63) is 70.3 Å². The second kappa shape index (κ2) is 7.75. The lowest BCUT2D eigenvalue weighted by atomic mass is 10.2. The molecule has 5 heteroatoms. The molecule has 0 spiro atoms. The molecule has 3 rings (SSSR count). The first-order valence-corrected chi connectivity index (χ1v) is 8.64. The largest absolute Gasteiger partial charge is 0.497 e. The van der Waals surface area contributed by atoms with Gasteiger partial charge in [0.15, 0.2) is 0 Å². The lowest BCUT2D eigenvalue weighted by Crippen LogP contribution is -2.12. The van der Waals surface area contributed by atoms with Crippen LogP contribution in [0, 0.1) is 0 Å². The summed E-state index contributed by atoms with van der Waals surface area (Å²) in [4.78, 5) is 5.43. The molecule has 0 aliphatic heterocycles. The molecule has 0 radical (unpaired) electrons. The summed E-state index contributed by atoms with van der Waals surface area (Å²) in [7, 11) is 1.66. The minimum absolute atomic E-state index is 0.726. The van der Waals surface area contributed by atoms with E-state index in [0.29, 0.717) is 0 Å². The molecule has 0 atom stereocenters. The van der Waals surface area contributed by atoms with Crippen molar-refractivity contribution >= 4 is 17.6 Å². The van der Waals surface area contributed by atoms with Crippen LogP contribution in [0.1, 0.15) is 12.5 Å². The molecule has 2 aromatic carbocycles. The third-order valence-corrected chi connectivity index (χ3v) is 4.32. The predicted octanol–water partition coefficient (Wildman–Crippen LogP) is 4.03. The summed E-state index contributed by atoms with van der Waals surface area (Å²) in [5.74, 6) is 0.816. The summed E-state index contributed by atoms with van der Waals surface area (Å²) in [5, 5.41) is 6.75. The highest BCUT2D eigenvalue weighted by atomic mass is 32.1. The molecule has 122 valence electrons. The monoisotopic (exact) mass is 337 g/mol. The fraction of sp³-hybridized carbons (Fsp3) is 0.158. The van der Waals surface area contributed by atoms with Gasteiger partial charge in [-0.2, -0.15) is 5.10 Å². The number of methoxy groups -OCH3 is 1. The van der Waals surface area contributed by atoms with E-state index in [4.69, 9.17) is 4.74 Å². The predicted molar refractivity (Wildman–Crippen MR) is 99.8 cm³/mol. The number of hydrogen-bond acceptors (Lipinski definition) is 4. The van der Waals surface area contributed by atoms with Crippen molar-refractivity contribution in [3.63, 3.8) is 0 Å². The fourth-order valence-electron chi connectivity index (χ4n) is 2.31. The highest BCUT2D eigenvalue weighted by Gasteiger charge is 2.06. The first kappa shape index (κ1) is 16.2. The molecule has 0 unspecified atom stereocenters. The van der Waals surface area contributed by atoms with Crippen LogP contribution in [-0.2, 0) is 0 Å². The van der Waals surface area contributed by atoms with Crippen molar-refractivity contribution in [2.24, 2.45) is 10.1 Å². The van der Waals surface area contributed by atoms with Crippen LogP contribution in [0.3, 0.4) is 0 Å². The van der Waals surface area contributed by atoms with E-state index in [2.05, 4.69) is 27.6 Å². The number of ether oxygens (including phenoxy) is 1. The zero-order valence-electron chi connectivity index (χ0n) is 13.7. The molecule has 1 heterocycles. The van der Waals surface area contributed by atoms with Crippen LogP contribution >= 0.6 is 11.3 Å². The smallest absolute Gasteiger partial charge is 0.206 e. The van der Waals surface area contributed by atoms with Gasteiger partial charge in [0, 0.05) is 17.5 Å². The third-order valence-electron chi connectivity index (χ3n) is 3.46. The van der Waals surface area contributed by atoms with Crippen molar-refractivity contribution in [2.45, 2.75) is 6.92 Å². The van der Waals surface area contributed by atoms with E-state index >= 15 is 0 Å². The second-order valence-corrected chi connectivity index (χ2v) is 5.91. The van der Waals surface area contributed by atoms with Gasteiger partial charge in [-0.15, -0.1) is 11.3 Å². The summed E-state index contributed by atoms with van der Waals surface area (Å²) in [6, 6.07) is 18.0. The van der Waals surface area contributed by atoms with Crippen LogP contribution in [0.2, 0.25) is 0 Å². The summed E-state index contributed by atoms with van der Waals surface area (Å²) in [6.07, 6.45) is 1.83. The van der Waals surface area contributed by atoms with Crippen LogP contribution in [-0.4, -0.2) is 24.5 Å². The number of rotatable bonds is 5. The minimum atomic E-state index is 0.726. The Hall–Kier alpha value is -2.66. The Morgan fingerprint density at radius 1 is 1.12 bits per heavy atom. The summed E-state index contributed by atoms with van der Waals surface area (Å²) in [5.41, 5.74) is 3.13. The van der Waals surface area contributed by atoms with E-state index in [-0.39, 0.29) is 0 Å². The minimum Gasteiger partial charge on any atom is -0.497 e. The van der Waals surface area contributed by atoms with E-state index < -0.39 is 0 Å². The number of hydrogen-bond donors (Lipinski definition) is 0. The normalized spacial score (nSPS) is 12.0. The molecule has 0 saturated heterocycles. The number of nitrogens with zero attached hydrogens (tertiary/aromatic N) is 3. The zero-order valence-corrected chi connectivity index (χ0v) is 14.5. The van der Waals surface area contributed by atoms with Gasteiger partial charge in [0.25, 0.3) is 0 Å². The quantitative estimate of drug-likeness (QED) is 0.648. The molecule has 0 saturated carbocycles. The van der Waals surface area contributed by atoms with Crippen molar-refractivity contribution in [2.75, 3.05) is 13.7 Å². The Bertz CT molecular complexity index is 894. The molecule has 0 aliphatic rings. The maximum absolute atomic E-state index is 5.26. The molecule has 0 N–H and O–H groups in total. The maximum Gasteiger partial charge on any atom is 0.206 e. The van der Waals surface area contributed by atoms with E-state index in [9.17, 15) is 0 Å². The fourth-order valence-corrected chi connectivity index (χ4v) is 3.21. The van der Waals surface area contributed by atoms with Gasteiger partial charge in [-0.3, -0.25) is 4.99 Å². The van der Waals surface area contributed by atoms with Crippen LogP contribution < -0.4 is 9.54 Å². The van der Waals surface area contributed by atoms with E-state index in [1.54, 1.807) is 18.4 Å². The SMILES string of the molecule is CCN=c1scc(-c2ccccc2)n1/N=C\c1cccc(OC)c1. The topological polar surface area (TPSA) is 38.9 Å². The van der Waals surface area contributed by atoms with Gasteiger partial charge in [0.1, 0.15) is 5.75 Å². The first-order valence-electron chi connectivity index (χ1n) is 7.76. The lowest BCUT2D eigenvalue weighted by molar-refractivity contribution is 0.415. The molecular weight excluding hydrogens is 318 g/mol. The Labute approximate surface area is 145 Å². The molecule has 0 amide bonds. The van der Waals surface area contributed by atoms with Gasteiger partial charge in [-0.05, 0) is 24.6 Å². The highest BCUT2D eigenvalue weighted by Crippen LogP contribution is 2.19. The average Bonchev–Trinajstić information content (AvgIpc) is 3.04. The van der Waals surface area contributed by atoms with Crippen LogP contribution in [0.5, 0.6) is 5.75 Å². The second-order valence-electron chi connectivity index (χ2n) is 5.08. The number of aromatic nitrogens is 1. The third kappa shape index (κ3) is 3.63. The lowest BCUT2D eigenvalue weighted by Gasteiger charge is -2.04. The Balaban J connectivity index is 2.04. The van der Waals surface area contributed by atoms with Crippen molar-refractivity contribution in [3.8, 4) is 17.0 Å². The van der Waals surface area contributed by atoms with Gasteiger partial charge >= 0.3 is 0 Å². The molecule has 3 aromatic rings. The van der Waals surface area contributed by atoms with Crippen molar-refractivity contribution < 1.29 is 4.74 Å². The molecule has 0 aliphatic carbocycles. The Morgan fingerprint density at radius 2 is 1.96 bits per heavy atom. The zero-order chi connectivity index (χ0) is 16.8. The number of thiazole rings is 1. The van der Waals surface area contributed by atoms with E-state index in [0.717, 1.165) is 33.9 Å². The van der Waals surface area contributed by atoms with Gasteiger partial charge in [0.2, 0.25) is 4.80 Å². The first-order chi connectivity index (χ1) is 11.8. The van der Waals surface area contributed by atoms with Crippen LogP contribution in [0.15, 0.2) is 70.1 Å². The molecule has 0 bridgehead atoms. The molecule has 0 fully saturated rings. The summed E-state index contributed by atoms with van der Waals surface area (Å²) in [6.45, 7) is 2.75. The molecular formula is C19H19N3OS. The molecule has 4 nitrogen and oxygen atoms in total. The van der Waals surface area contributed by atoms with Gasteiger partial charge in [0.05, 0.1) is 19.0 Å². The van der Waals surface area contributed by atoms with E-state index in [1.165, 1.54) is 0 Å². The van der Waals surface area contributed by atoms with Crippen molar-refractivity contribution in [1.82, 2.24) is 4.68 Å². The van der Waals surface area contributed by atoms with Crippen molar-refractivity contribution in [1.29, 1.82) is 0 Å². The van der Waals surface area contributed by atoms with Crippen LogP contribution in [0.4, 0.5) is 0 Å². The standard InChI is InChI=1S/C19H19N3OS/c1-3-20-19-22(18(14-24-19)16-9-5-4-6-10-16)21-13-15-8-7-11-17(12-15)23-2/h4-14H,3H2,1-2H3/b20-19?,21-13-. The highest BCUT2D eigenvalue weighted by molar-refractivity contribution is 7.07. The summed E-state index contributed by atoms with van der Waals surface area (Å²) >= 11 is 1.60. The number of benzene rings is 2. The van der Waals surface area contributed by atoms with Gasteiger partial charge in [-0.1, -0.05) is 42.5 Å². The van der Waals surface area contributed by atoms with Crippen LogP contribution in [0.25, 0.3) is 11.3 Å². The molecule has 24 heavy (non-hydrogen) atoms. The molecule has 1 aromatic heterocycles. The Kier molecular flexibility index (Phi) is 5.23. The maximum atomic E-state index is 5.26. The van der Waals surface area contributed by atoms with Gasteiger partial charge < -0.3 is 4.74 Å². The van der Waals surface area contributed by atoms with Gasteiger partial charge in [-0.25, -0.2) is 4.68 Å². The summed E-state index contributed by atoms with van der Waals surface area (Å²) < 4.78 is 7.15.